The molecule has 1 unspecified atom stereocenters. The Labute approximate surface area is 92.7 Å². The van der Waals surface area contributed by atoms with Crippen LogP contribution in [-0.4, -0.2) is 62.2 Å². The molecular weight excluding hydrogens is 209 g/mol. The summed E-state index contributed by atoms with van der Waals surface area (Å²) >= 11 is 0. The molecular formula is C8H19Cl2N3. The van der Waals surface area contributed by atoms with E-state index in [1.807, 2.05) is 0 Å². The minimum Gasteiger partial charge on any atom is -0.314 e. The Morgan fingerprint density at radius 3 is 2.69 bits per heavy atom. The smallest absolute Gasteiger partial charge is 0.0348 e. The van der Waals surface area contributed by atoms with E-state index in [-0.39, 0.29) is 24.8 Å². The molecule has 2 aliphatic rings. The molecule has 1 N–H and O–H groups in total. The lowest BCUT2D eigenvalue weighted by Gasteiger charge is -2.43. The predicted molar refractivity (Wildman–Crippen MR) is 60.2 cm³/mol. The molecule has 0 amide bonds. The quantitative estimate of drug-likeness (QED) is 0.632. The summed E-state index contributed by atoms with van der Waals surface area (Å²) in [6, 6.07) is 0.780. The van der Waals surface area contributed by atoms with Crippen molar-refractivity contribution in [2.75, 3.05) is 46.3 Å². The summed E-state index contributed by atoms with van der Waals surface area (Å²) in [6.07, 6.45) is 0. The van der Waals surface area contributed by atoms with Gasteiger partial charge in [-0.25, -0.2) is 0 Å². The minimum absolute atomic E-state index is 0. The van der Waals surface area contributed by atoms with E-state index < -0.39 is 0 Å². The highest BCUT2D eigenvalue weighted by Gasteiger charge is 2.26. The number of nitrogens with zero attached hydrogens (tertiary/aromatic N) is 2. The topological polar surface area (TPSA) is 18.5 Å². The summed E-state index contributed by atoms with van der Waals surface area (Å²) in [6.45, 7) is 7.37. The van der Waals surface area contributed by atoms with Crippen molar-refractivity contribution in [1.82, 2.24) is 15.1 Å². The van der Waals surface area contributed by atoms with Gasteiger partial charge in [-0.1, -0.05) is 0 Å². The predicted octanol–water partition coefficient (Wildman–Crippen LogP) is 0.0492. The maximum atomic E-state index is 3.44. The first-order valence-corrected chi connectivity index (χ1v) is 4.49. The molecule has 80 valence electrons. The third-order valence-electron chi connectivity index (χ3n) is 2.76. The van der Waals surface area contributed by atoms with Gasteiger partial charge in [0.15, 0.2) is 0 Å². The monoisotopic (exact) mass is 227 g/mol. The molecule has 2 fully saturated rings. The zero-order valence-electron chi connectivity index (χ0n) is 8.03. The number of hydrogen-bond acceptors (Lipinski definition) is 3. The lowest BCUT2D eigenvalue weighted by Crippen LogP contribution is -2.60. The van der Waals surface area contributed by atoms with E-state index in [1.165, 1.54) is 39.3 Å². The van der Waals surface area contributed by atoms with Gasteiger partial charge in [-0.05, 0) is 7.05 Å². The Morgan fingerprint density at radius 1 is 1.15 bits per heavy atom. The number of piperazine rings is 2. The van der Waals surface area contributed by atoms with Gasteiger partial charge in [-0.3, -0.25) is 4.90 Å². The van der Waals surface area contributed by atoms with Crippen molar-refractivity contribution in [1.29, 1.82) is 0 Å². The van der Waals surface area contributed by atoms with Crippen molar-refractivity contribution in [2.45, 2.75) is 6.04 Å². The van der Waals surface area contributed by atoms with Crippen LogP contribution in [0.3, 0.4) is 0 Å². The zero-order chi connectivity index (χ0) is 7.68. The van der Waals surface area contributed by atoms with Crippen LogP contribution >= 0.6 is 24.8 Å². The van der Waals surface area contributed by atoms with E-state index in [4.69, 9.17) is 0 Å². The second kappa shape index (κ2) is 6.04. The molecule has 1 atom stereocenters. The van der Waals surface area contributed by atoms with Crippen LogP contribution in [0.5, 0.6) is 0 Å². The fraction of sp³-hybridized carbons (Fsp3) is 1.00. The molecule has 0 aromatic rings. The number of likely N-dealkylation sites (N-methyl/N-ethyl adjacent to an activating group) is 1. The normalized spacial score (nSPS) is 29.8. The number of hydrogen-bond donors (Lipinski definition) is 1. The Balaban J connectivity index is 0.000000720. The van der Waals surface area contributed by atoms with Crippen molar-refractivity contribution < 1.29 is 0 Å². The minimum atomic E-state index is 0. The van der Waals surface area contributed by atoms with Gasteiger partial charge in [0.2, 0.25) is 0 Å². The first kappa shape index (κ1) is 13.5. The Bertz CT molecular complexity index is 145. The molecule has 0 aromatic carbocycles. The summed E-state index contributed by atoms with van der Waals surface area (Å²) in [5.74, 6) is 0. The lowest BCUT2D eigenvalue weighted by molar-refractivity contribution is 0.0716. The number of nitrogens with one attached hydrogen (secondary N) is 1. The fourth-order valence-electron chi connectivity index (χ4n) is 2.03. The summed E-state index contributed by atoms with van der Waals surface area (Å²) < 4.78 is 0. The molecule has 0 saturated carbocycles. The second-order valence-corrected chi connectivity index (χ2v) is 3.66. The van der Waals surface area contributed by atoms with E-state index in [2.05, 4.69) is 22.2 Å². The Morgan fingerprint density at radius 2 is 1.92 bits per heavy atom. The van der Waals surface area contributed by atoms with Crippen LogP contribution in [0.1, 0.15) is 0 Å². The molecule has 0 spiro atoms. The van der Waals surface area contributed by atoms with E-state index in [1.54, 1.807) is 0 Å². The van der Waals surface area contributed by atoms with Crippen LogP contribution < -0.4 is 5.32 Å². The first-order chi connectivity index (χ1) is 5.36. The van der Waals surface area contributed by atoms with Gasteiger partial charge < -0.3 is 10.2 Å². The highest BCUT2D eigenvalue weighted by Crippen LogP contribution is 2.09. The number of fused-ring (bicyclic) bond motifs is 1. The first-order valence-electron chi connectivity index (χ1n) is 4.49. The van der Waals surface area contributed by atoms with Gasteiger partial charge >= 0.3 is 0 Å². The Kier molecular flexibility index (Phi) is 6.25. The molecule has 2 saturated heterocycles. The van der Waals surface area contributed by atoms with Crippen molar-refractivity contribution in [3.05, 3.63) is 0 Å². The standard InChI is InChI=1S/C8H17N3.2ClH/c1-10-4-5-11-3-2-9-6-8(11)7-10;;/h8-9H,2-7H2,1H3;2*1H. The lowest BCUT2D eigenvalue weighted by atomic mass is 10.1. The molecule has 2 aliphatic heterocycles. The van der Waals surface area contributed by atoms with Gasteiger partial charge in [0, 0.05) is 45.3 Å². The average molecular weight is 228 g/mol. The molecule has 0 aliphatic carbocycles. The molecule has 2 rings (SSSR count). The maximum absolute atomic E-state index is 3.44. The molecule has 0 aromatic heterocycles. The number of rotatable bonds is 0. The van der Waals surface area contributed by atoms with Gasteiger partial charge in [-0.15, -0.1) is 24.8 Å². The molecule has 2 heterocycles. The average Bonchev–Trinajstić information content (AvgIpc) is 2.04. The summed E-state index contributed by atoms with van der Waals surface area (Å²) in [7, 11) is 2.21. The number of halogens is 2. The molecule has 5 heteroatoms. The van der Waals surface area contributed by atoms with Crippen LogP contribution in [0.4, 0.5) is 0 Å². The van der Waals surface area contributed by atoms with Gasteiger partial charge in [-0.2, -0.15) is 0 Å². The van der Waals surface area contributed by atoms with Crippen LogP contribution in [0.25, 0.3) is 0 Å². The maximum Gasteiger partial charge on any atom is 0.0348 e. The van der Waals surface area contributed by atoms with Crippen molar-refractivity contribution in [2.24, 2.45) is 0 Å². The summed E-state index contributed by atoms with van der Waals surface area (Å²) in [5, 5.41) is 3.44. The fourth-order valence-corrected chi connectivity index (χ4v) is 2.03. The zero-order valence-corrected chi connectivity index (χ0v) is 9.66. The SMILES string of the molecule is CN1CCN2CCNCC2C1.Cl.Cl. The third-order valence-corrected chi connectivity index (χ3v) is 2.76. The van der Waals surface area contributed by atoms with Gasteiger partial charge in [0.1, 0.15) is 0 Å². The van der Waals surface area contributed by atoms with E-state index in [9.17, 15) is 0 Å². The van der Waals surface area contributed by atoms with E-state index in [0.29, 0.717) is 0 Å². The Hall–Kier alpha value is 0.460. The van der Waals surface area contributed by atoms with Crippen molar-refractivity contribution in [3.63, 3.8) is 0 Å². The van der Waals surface area contributed by atoms with E-state index in [0.717, 1.165) is 6.04 Å². The van der Waals surface area contributed by atoms with E-state index >= 15 is 0 Å². The third kappa shape index (κ3) is 3.26. The highest BCUT2D eigenvalue weighted by atomic mass is 35.5. The van der Waals surface area contributed by atoms with Crippen LogP contribution in [0.2, 0.25) is 0 Å². The van der Waals surface area contributed by atoms with Gasteiger partial charge in [0.05, 0.1) is 0 Å². The van der Waals surface area contributed by atoms with Crippen LogP contribution in [0.15, 0.2) is 0 Å². The molecule has 0 bridgehead atoms. The van der Waals surface area contributed by atoms with Crippen molar-refractivity contribution >= 4 is 24.8 Å². The summed E-state index contributed by atoms with van der Waals surface area (Å²) in [4.78, 5) is 5.03. The van der Waals surface area contributed by atoms with Gasteiger partial charge in [0.25, 0.3) is 0 Å². The van der Waals surface area contributed by atoms with Crippen molar-refractivity contribution in [3.8, 4) is 0 Å². The van der Waals surface area contributed by atoms with Crippen LogP contribution in [-0.2, 0) is 0 Å². The summed E-state index contributed by atoms with van der Waals surface area (Å²) in [5.41, 5.74) is 0. The second-order valence-electron chi connectivity index (χ2n) is 3.66. The molecule has 0 radical (unpaired) electrons. The molecule has 3 nitrogen and oxygen atoms in total. The largest absolute Gasteiger partial charge is 0.314 e. The van der Waals surface area contributed by atoms with Crippen LogP contribution in [0, 0.1) is 0 Å². The molecule has 13 heavy (non-hydrogen) atoms. The highest BCUT2D eigenvalue weighted by molar-refractivity contribution is 5.85.